The van der Waals surface area contributed by atoms with Crippen LogP contribution in [0.4, 0.5) is 0 Å². The summed E-state index contributed by atoms with van der Waals surface area (Å²) < 4.78 is 2.46. The first kappa shape index (κ1) is 9.98. The van der Waals surface area contributed by atoms with E-state index in [1.165, 1.54) is 32.1 Å². The van der Waals surface area contributed by atoms with Gasteiger partial charge in [0.1, 0.15) is 4.60 Å². The minimum atomic E-state index is 0.214. The van der Waals surface area contributed by atoms with Crippen LogP contribution in [-0.4, -0.2) is 39.4 Å². The van der Waals surface area contributed by atoms with Crippen molar-refractivity contribution in [2.24, 2.45) is 0 Å². The third kappa shape index (κ3) is 2.09. The Balaban J connectivity index is 1.88. The highest BCUT2D eigenvalue weighted by molar-refractivity contribution is 9.10. The Hall–Kier alpha value is -0.550. The van der Waals surface area contributed by atoms with E-state index in [1.54, 1.807) is 4.68 Å². The molecule has 0 saturated carbocycles. The summed E-state index contributed by atoms with van der Waals surface area (Å²) in [6.07, 6.45) is 4.09. The van der Waals surface area contributed by atoms with E-state index in [1.807, 2.05) is 0 Å². The van der Waals surface area contributed by atoms with E-state index in [2.05, 4.69) is 25.9 Å². The number of hydrogen-bond acceptors (Lipinski definition) is 3. The van der Waals surface area contributed by atoms with E-state index in [9.17, 15) is 5.11 Å². The molecule has 0 spiro atoms. The Morgan fingerprint density at radius 2 is 2.07 bits per heavy atom. The zero-order valence-electron chi connectivity index (χ0n) is 7.99. The molecular formula is C9H14BrN3O. The molecule has 1 aromatic rings. The van der Waals surface area contributed by atoms with Crippen LogP contribution in [-0.2, 0) is 6.54 Å². The third-order valence-corrected chi connectivity index (χ3v) is 3.40. The van der Waals surface area contributed by atoms with Crippen molar-refractivity contribution in [1.29, 1.82) is 0 Å². The summed E-state index contributed by atoms with van der Waals surface area (Å²) in [5, 5.41) is 13.4. The number of aromatic nitrogens is 2. The molecule has 0 atom stereocenters. The maximum atomic E-state index is 9.29. The molecule has 1 aliphatic rings. The smallest absolute Gasteiger partial charge is 0.168 e. The maximum Gasteiger partial charge on any atom is 0.168 e. The van der Waals surface area contributed by atoms with Crippen molar-refractivity contribution in [3.05, 3.63) is 10.8 Å². The van der Waals surface area contributed by atoms with Crippen molar-refractivity contribution in [2.45, 2.75) is 19.4 Å². The summed E-state index contributed by atoms with van der Waals surface area (Å²) in [6.45, 7) is 4.25. The molecule has 1 N–H and O–H groups in total. The third-order valence-electron chi connectivity index (χ3n) is 2.58. The molecule has 1 aliphatic heterocycles. The van der Waals surface area contributed by atoms with Crippen molar-refractivity contribution >= 4 is 15.9 Å². The SMILES string of the molecule is Oc1cnn(CCN2CCCC2)c1Br. The van der Waals surface area contributed by atoms with E-state index < -0.39 is 0 Å². The van der Waals surface area contributed by atoms with Crippen LogP contribution in [0.5, 0.6) is 5.75 Å². The zero-order chi connectivity index (χ0) is 9.97. The quantitative estimate of drug-likeness (QED) is 0.894. The summed E-state index contributed by atoms with van der Waals surface area (Å²) in [6, 6.07) is 0. The first-order chi connectivity index (χ1) is 6.77. The second-order valence-electron chi connectivity index (χ2n) is 3.59. The highest BCUT2D eigenvalue weighted by Crippen LogP contribution is 2.22. The number of halogens is 1. The second-order valence-corrected chi connectivity index (χ2v) is 4.34. The fourth-order valence-corrected chi connectivity index (χ4v) is 2.13. The molecule has 78 valence electrons. The van der Waals surface area contributed by atoms with E-state index in [-0.39, 0.29) is 5.75 Å². The van der Waals surface area contributed by atoms with Crippen LogP contribution in [0.2, 0.25) is 0 Å². The fourth-order valence-electron chi connectivity index (χ4n) is 1.76. The molecule has 0 unspecified atom stereocenters. The van der Waals surface area contributed by atoms with Crippen molar-refractivity contribution in [2.75, 3.05) is 19.6 Å². The summed E-state index contributed by atoms with van der Waals surface area (Å²) in [5.41, 5.74) is 0. The molecule has 14 heavy (non-hydrogen) atoms. The fraction of sp³-hybridized carbons (Fsp3) is 0.667. The van der Waals surface area contributed by atoms with Gasteiger partial charge < -0.3 is 10.0 Å². The van der Waals surface area contributed by atoms with Gasteiger partial charge in [-0.25, -0.2) is 0 Å². The van der Waals surface area contributed by atoms with Gasteiger partial charge in [-0.2, -0.15) is 5.10 Å². The lowest BCUT2D eigenvalue weighted by Gasteiger charge is -2.14. The monoisotopic (exact) mass is 259 g/mol. The van der Waals surface area contributed by atoms with E-state index in [0.717, 1.165) is 13.1 Å². The Kier molecular flexibility index (Phi) is 3.08. The Morgan fingerprint density at radius 3 is 2.64 bits per heavy atom. The lowest BCUT2D eigenvalue weighted by atomic mass is 10.4. The molecule has 1 saturated heterocycles. The maximum absolute atomic E-state index is 9.29. The lowest BCUT2D eigenvalue weighted by molar-refractivity contribution is 0.314. The number of hydrogen-bond donors (Lipinski definition) is 1. The number of nitrogens with zero attached hydrogens (tertiary/aromatic N) is 3. The molecule has 1 fully saturated rings. The Labute approximate surface area is 91.6 Å². The number of rotatable bonds is 3. The van der Waals surface area contributed by atoms with Crippen LogP contribution in [0.1, 0.15) is 12.8 Å². The van der Waals surface area contributed by atoms with Crippen molar-refractivity contribution in [3.8, 4) is 5.75 Å². The van der Waals surface area contributed by atoms with Gasteiger partial charge in [-0.15, -0.1) is 0 Å². The highest BCUT2D eigenvalue weighted by atomic mass is 79.9. The van der Waals surface area contributed by atoms with Gasteiger partial charge in [0.15, 0.2) is 5.75 Å². The average molecular weight is 260 g/mol. The molecule has 2 rings (SSSR count). The van der Waals surface area contributed by atoms with Gasteiger partial charge in [-0.1, -0.05) is 0 Å². The predicted molar refractivity (Wildman–Crippen MR) is 57.3 cm³/mol. The molecule has 0 amide bonds. The molecule has 0 radical (unpaired) electrons. The van der Waals surface area contributed by atoms with Gasteiger partial charge in [-0.3, -0.25) is 4.68 Å². The number of aromatic hydroxyl groups is 1. The van der Waals surface area contributed by atoms with Gasteiger partial charge >= 0.3 is 0 Å². The summed E-state index contributed by atoms with van der Waals surface area (Å²) in [4.78, 5) is 2.42. The van der Waals surface area contributed by atoms with E-state index >= 15 is 0 Å². The molecule has 5 heteroatoms. The molecule has 2 heterocycles. The second kappa shape index (κ2) is 4.31. The zero-order valence-corrected chi connectivity index (χ0v) is 9.57. The van der Waals surface area contributed by atoms with E-state index in [4.69, 9.17) is 0 Å². The lowest BCUT2D eigenvalue weighted by Crippen LogP contribution is -2.24. The van der Waals surface area contributed by atoms with Crippen LogP contribution in [0.3, 0.4) is 0 Å². The Bertz CT molecular complexity index is 307. The van der Waals surface area contributed by atoms with Crippen molar-refractivity contribution in [1.82, 2.24) is 14.7 Å². The standard InChI is InChI=1S/C9H14BrN3O/c10-9-8(14)7-11-13(9)6-5-12-3-1-2-4-12/h7,14H,1-6H2. The van der Waals surface area contributed by atoms with Gasteiger partial charge in [-0.05, 0) is 41.9 Å². The predicted octanol–water partition coefficient (Wildman–Crippen LogP) is 1.45. The van der Waals surface area contributed by atoms with Crippen molar-refractivity contribution in [3.63, 3.8) is 0 Å². The molecule has 0 aromatic carbocycles. The van der Waals surface area contributed by atoms with Crippen LogP contribution in [0, 0.1) is 0 Å². The first-order valence-corrected chi connectivity index (χ1v) is 5.69. The molecule has 4 nitrogen and oxygen atoms in total. The highest BCUT2D eigenvalue weighted by Gasteiger charge is 2.12. The van der Waals surface area contributed by atoms with Crippen molar-refractivity contribution < 1.29 is 5.11 Å². The minimum absolute atomic E-state index is 0.214. The molecule has 1 aromatic heterocycles. The van der Waals surface area contributed by atoms with Crippen LogP contribution >= 0.6 is 15.9 Å². The largest absolute Gasteiger partial charge is 0.504 e. The van der Waals surface area contributed by atoms with Gasteiger partial charge in [0, 0.05) is 6.54 Å². The van der Waals surface area contributed by atoms with Crippen LogP contribution in [0.25, 0.3) is 0 Å². The minimum Gasteiger partial charge on any atom is -0.504 e. The topological polar surface area (TPSA) is 41.3 Å². The van der Waals surface area contributed by atoms with Crippen LogP contribution in [0.15, 0.2) is 10.8 Å². The van der Waals surface area contributed by atoms with E-state index in [0.29, 0.717) is 4.60 Å². The van der Waals surface area contributed by atoms with Gasteiger partial charge in [0.2, 0.25) is 0 Å². The first-order valence-electron chi connectivity index (χ1n) is 4.90. The molecule has 0 aliphatic carbocycles. The van der Waals surface area contributed by atoms with Crippen LogP contribution < -0.4 is 0 Å². The van der Waals surface area contributed by atoms with Gasteiger partial charge in [0.25, 0.3) is 0 Å². The van der Waals surface area contributed by atoms with Gasteiger partial charge in [0.05, 0.1) is 12.7 Å². The summed E-state index contributed by atoms with van der Waals surface area (Å²) in [5.74, 6) is 0.214. The normalized spacial score (nSPS) is 17.8. The summed E-state index contributed by atoms with van der Waals surface area (Å²) >= 11 is 3.29. The molecule has 0 bridgehead atoms. The summed E-state index contributed by atoms with van der Waals surface area (Å²) in [7, 11) is 0. The number of likely N-dealkylation sites (tertiary alicyclic amines) is 1. The molecular weight excluding hydrogens is 246 g/mol. The average Bonchev–Trinajstić information content (AvgIpc) is 2.77. The Morgan fingerprint density at radius 1 is 1.36 bits per heavy atom.